The van der Waals surface area contributed by atoms with Crippen molar-refractivity contribution in [3.63, 3.8) is 0 Å². The first-order valence-corrected chi connectivity index (χ1v) is 8.85. The van der Waals surface area contributed by atoms with Gasteiger partial charge in [0.1, 0.15) is 6.04 Å². The molecule has 0 bridgehead atoms. The van der Waals surface area contributed by atoms with E-state index in [0.717, 1.165) is 18.5 Å². The van der Waals surface area contributed by atoms with Crippen LogP contribution in [0, 0.1) is 5.92 Å². The van der Waals surface area contributed by atoms with Gasteiger partial charge in [0.15, 0.2) is 6.23 Å². The smallest absolute Gasteiger partial charge is 0.248 e. The molecule has 0 aliphatic carbocycles. The van der Waals surface area contributed by atoms with Crippen molar-refractivity contribution in [2.24, 2.45) is 5.92 Å². The molecule has 24 heavy (non-hydrogen) atoms. The first kappa shape index (κ1) is 15.5. The van der Waals surface area contributed by atoms with Gasteiger partial charge in [-0.1, -0.05) is 50.6 Å². The summed E-state index contributed by atoms with van der Waals surface area (Å²) in [6.45, 7) is 4.91. The second kappa shape index (κ2) is 6.10. The van der Waals surface area contributed by atoms with Crippen LogP contribution >= 0.6 is 0 Å². The molecule has 0 spiro atoms. The van der Waals surface area contributed by atoms with Gasteiger partial charge in [0.25, 0.3) is 0 Å². The van der Waals surface area contributed by atoms with E-state index in [0.29, 0.717) is 12.5 Å². The van der Waals surface area contributed by atoms with E-state index in [1.165, 1.54) is 5.56 Å². The van der Waals surface area contributed by atoms with Gasteiger partial charge in [0, 0.05) is 6.20 Å². The number of hydrogen-bond acceptors (Lipinski definition) is 2. The van der Waals surface area contributed by atoms with E-state index in [-0.39, 0.29) is 24.2 Å². The van der Waals surface area contributed by atoms with Crippen LogP contribution in [0.4, 0.5) is 0 Å². The number of carbonyl (C=O) groups is 1. The molecular formula is C20H24N2O2. The van der Waals surface area contributed by atoms with Crippen LogP contribution in [0.15, 0.2) is 48.7 Å². The number of nitrogens with zero attached hydrogens (tertiary/aromatic N) is 2. The Hall–Kier alpha value is -2.07. The van der Waals surface area contributed by atoms with Gasteiger partial charge in [-0.25, -0.2) is 0 Å². The van der Waals surface area contributed by atoms with E-state index in [1.807, 2.05) is 35.4 Å². The Labute approximate surface area is 143 Å². The minimum atomic E-state index is -0.235. The van der Waals surface area contributed by atoms with Gasteiger partial charge < -0.3 is 14.2 Å². The first-order chi connectivity index (χ1) is 11.7. The summed E-state index contributed by atoms with van der Waals surface area (Å²) in [6.07, 6.45) is 3.62. The third kappa shape index (κ3) is 2.37. The number of aromatic nitrogens is 1. The van der Waals surface area contributed by atoms with Crippen LogP contribution in [-0.2, 0) is 16.0 Å². The fraction of sp³-hybridized carbons (Fsp3) is 0.450. The molecule has 4 heteroatoms. The highest BCUT2D eigenvalue weighted by atomic mass is 16.5. The summed E-state index contributed by atoms with van der Waals surface area (Å²) in [5, 5.41) is 0. The molecule has 1 fully saturated rings. The maximum Gasteiger partial charge on any atom is 0.248 e. The van der Waals surface area contributed by atoms with Crippen molar-refractivity contribution in [1.29, 1.82) is 0 Å². The molecule has 1 unspecified atom stereocenters. The molecule has 1 saturated heterocycles. The van der Waals surface area contributed by atoms with E-state index < -0.39 is 0 Å². The topological polar surface area (TPSA) is 34.5 Å². The second-order valence-corrected chi connectivity index (χ2v) is 6.95. The molecule has 1 aromatic carbocycles. The van der Waals surface area contributed by atoms with E-state index >= 15 is 0 Å². The van der Waals surface area contributed by atoms with Crippen LogP contribution < -0.4 is 0 Å². The van der Waals surface area contributed by atoms with Crippen molar-refractivity contribution in [3.05, 3.63) is 59.9 Å². The lowest BCUT2D eigenvalue weighted by Crippen LogP contribution is -2.49. The third-order valence-corrected chi connectivity index (χ3v) is 5.46. The molecule has 3 heterocycles. The highest BCUT2D eigenvalue weighted by molar-refractivity contribution is 5.83. The molecule has 0 saturated carbocycles. The van der Waals surface area contributed by atoms with Gasteiger partial charge in [0.05, 0.1) is 18.3 Å². The molecular weight excluding hydrogens is 300 g/mol. The average molecular weight is 324 g/mol. The fourth-order valence-corrected chi connectivity index (χ4v) is 4.00. The molecule has 4 nitrogen and oxygen atoms in total. The predicted octanol–water partition coefficient (Wildman–Crippen LogP) is 3.56. The summed E-state index contributed by atoms with van der Waals surface area (Å²) < 4.78 is 8.17. The zero-order valence-electron chi connectivity index (χ0n) is 14.3. The molecule has 0 radical (unpaired) electrons. The Bertz CT molecular complexity index is 724. The fourth-order valence-electron chi connectivity index (χ4n) is 4.00. The molecule has 0 N–H and O–H groups in total. The standard InChI is InChI=1S/C20H24N2O2/c1-3-14(2)18-19(23)22-16(12-15-8-5-4-6-9-15)13-24-20(22)17-10-7-11-21(17)18/h4-11,14,16,18,20H,3,12-13H2,1-2H3/t14-,16-,18-,20?/m0/s1. The molecule has 1 amide bonds. The van der Waals surface area contributed by atoms with Gasteiger partial charge in [-0.3, -0.25) is 4.79 Å². The quantitative estimate of drug-likeness (QED) is 0.862. The zero-order valence-corrected chi connectivity index (χ0v) is 14.3. The minimum Gasteiger partial charge on any atom is -0.350 e. The Kier molecular flexibility index (Phi) is 3.93. The number of rotatable bonds is 4. The van der Waals surface area contributed by atoms with E-state index in [4.69, 9.17) is 4.74 Å². The number of hydrogen-bond donors (Lipinski definition) is 0. The van der Waals surface area contributed by atoms with Crippen molar-refractivity contribution < 1.29 is 9.53 Å². The molecule has 2 aliphatic heterocycles. The summed E-state index contributed by atoms with van der Waals surface area (Å²) in [7, 11) is 0. The maximum absolute atomic E-state index is 13.3. The van der Waals surface area contributed by atoms with Crippen molar-refractivity contribution >= 4 is 5.91 Å². The molecule has 2 aliphatic rings. The van der Waals surface area contributed by atoms with E-state index in [1.54, 1.807) is 0 Å². The van der Waals surface area contributed by atoms with Crippen molar-refractivity contribution in [2.45, 2.75) is 45.0 Å². The van der Waals surface area contributed by atoms with Crippen LogP contribution in [0.5, 0.6) is 0 Å². The summed E-state index contributed by atoms with van der Waals surface area (Å²) >= 11 is 0. The van der Waals surface area contributed by atoms with E-state index in [9.17, 15) is 4.79 Å². The largest absolute Gasteiger partial charge is 0.350 e. The highest BCUT2D eigenvalue weighted by Crippen LogP contribution is 2.42. The van der Waals surface area contributed by atoms with Crippen LogP contribution in [-0.4, -0.2) is 28.0 Å². The molecule has 1 aromatic heterocycles. The zero-order chi connectivity index (χ0) is 16.7. The van der Waals surface area contributed by atoms with Crippen LogP contribution in [0.25, 0.3) is 0 Å². The van der Waals surface area contributed by atoms with Gasteiger partial charge in [-0.2, -0.15) is 0 Å². The molecule has 2 aromatic rings. The minimum absolute atomic E-state index is 0.111. The maximum atomic E-state index is 13.3. The number of fused-ring (bicyclic) bond motifs is 3. The highest BCUT2D eigenvalue weighted by Gasteiger charge is 2.48. The summed E-state index contributed by atoms with van der Waals surface area (Å²) in [5.41, 5.74) is 2.36. The lowest BCUT2D eigenvalue weighted by molar-refractivity contribution is -0.147. The summed E-state index contributed by atoms with van der Waals surface area (Å²) in [5.74, 6) is 0.513. The Balaban J connectivity index is 1.67. The van der Waals surface area contributed by atoms with Crippen molar-refractivity contribution in [1.82, 2.24) is 9.47 Å². The van der Waals surface area contributed by atoms with Crippen molar-refractivity contribution in [3.8, 4) is 0 Å². The normalized spacial score (nSPS) is 27.0. The summed E-state index contributed by atoms with van der Waals surface area (Å²) in [6, 6.07) is 14.5. The number of benzene rings is 1. The lowest BCUT2D eigenvalue weighted by atomic mass is 9.94. The number of amides is 1. The van der Waals surface area contributed by atoms with Crippen LogP contribution in [0.3, 0.4) is 0 Å². The third-order valence-electron chi connectivity index (χ3n) is 5.46. The molecule has 4 atom stereocenters. The van der Waals surface area contributed by atoms with Crippen LogP contribution in [0.2, 0.25) is 0 Å². The molecule has 126 valence electrons. The molecule has 4 rings (SSSR count). The summed E-state index contributed by atoms with van der Waals surface area (Å²) in [4.78, 5) is 15.3. The first-order valence-electron chi connectivity index (χ1n) is 8.85. The Morgan fingerprint density at radius 3 is 2.75 bits per heavy atom. The lowest BCUT2D eigenvalue weighted by Gasteiger charge is -2.40. The monoisotopic (exact) mass is 324 g/mol. The number of carbonyl (C=O) groups excluding carboxylic acids is 1. The number of ether oxygens (including phenoxy) is 1. The van der Waals surface area contributed by atoms with Gasteiger partial charge >= 0.3 is 0 Å². The second-order valence-electron chi connectivity index (χ2n) is 6.95. The SMILES string of the molecule is CC[C@H](C)[C@H]1C(=O)N2C(OC[C@@H]2Cc2ccccc2)c2cccn21. The van der Waals surface area contributed by atoms with Crippen LogP contribution in [0.1, 0.15) is 43.8 Å². The van der Waals surface area contributed by atoms with E-state index in [2.05, 4.69) is 36.6 Å². The van der Waals surface area contributed by atoms with Gasteiger partial charge in [-0.05, 0) is 30.0 Å². The van der Waals surface area contributed by atoms with Gasteiger partial charge in [-0.15, -0.1) is 0 Å². The Morgan fingerprint density at radius 2 is 2.00 bits per heavy atom. The Morgan fingerprint density at radius 1 is 1.21 bits per heavy atom. The van der Waals surface area contributed by atoms with Crippen molar-refractivity contribution in [2.75, 3.05) is 6.61 Å². The van der Waals surface area contributed by atoms with Gasteiger partial charge in [0.2, 0.25) is 5.91 Å². The average Bonchev–Trinajstić information content (AvgIpc) is 3.23. The predicted molar refractivity (Wildman–Crippen MR) is 92.4 cm³/mol.